The molecule has 1 amide bonds. The number of hydrogen-bond acceptors (Lipinski definition) is 2. The van der Waals surface area contributed by atoms with Gasteiger partial charge >= 0.3 is 0 Å². The van der Waals surface area contributed by atoms with Gasteiger partial charge in [0.15, 0.2) is 0 Å². The Hall–Kier alpha value is -2.98. The van der Waals surface area contributed by atoms with Crippen LogP contribution >= 0.6 is 0 Å². The largest absolute Gasteiger partial charge is 0.333 e. The SMILES string of the molecule is O=C(Cc1ccccc1)N1Cc2ccccc2CC1CN1CCC(Cc2ccc(F)cc2)CC1. The van der Waals surface area contributed by atoms with Crippen LogP contribution in [0.2, 0.25) is 0 Å². The van der Waals surface area contributed by atoms with Crippen LogP contribution in [0.25, 0.3) is 0 Å². The second kappa shape index (κ2) is 10.5. The Morgan fingerprint density at radius 1 is 0.824 bits per heavy atom. The number of nitrogens with zero attached hydrogens (tertiary/aromatic N) is 2. The molecule has 1 saturated heterocycles. The molecule has 3 nitrogen and oxygen atoms in total. The number of fused-ring (bicyclic) bond motifs is 1. The zero-order chi connectivity index (χ0) is 23.3. The first-order chi connectivity index (χ1) is 16.6. The van der Waals surface area contributed by atoms with Crippen LogP contribution in [0.4, 0.5) is 4.39 Å². The summed E-state index contributed by atoms with van der Waals surface area (Å²) in [6, 6.07) is 25.8. The molecule has 0 spiro atoms. The summed E-state index contributed by atoms with van der Waals surface area (Å²) >= 11 is 0. The molecule has 2 aliphatic rings. The lowest BCUT2D eigenvalue weighted by Crippen LogP contribution is -2.51. The van der Waals surface area contributed by atoms with Crippen molar-refractivity contribution in [3.05, 3.63) is 107 Å². The third kappa shape index (κ3) is 5.56. The van der Waals surface area contributed by atoms with Crippen LogP contribution < -0.4 is 0 Å². The summed E-state index contributed by atoms with van der Waals surface area (Å²) in [5.41, 5.74) is 4.95. The van der Waals surface area contributed by atoms with Crippen molar-refractivity contribution in [2.24, 2.45) is 5.92 Å². The molecule has 0 saturated carbocycles. The number of likely N-dealkylation sites (tertiary alicyclic amines) is 1. The Morgan fingerprint density at radius 2 is 1.50 bits per heavy atom. The van der Waals surface area contributed by atoms with Gasteiger partial charge in [0.1, 0.15) is 5.82 Å². The zero-order valence-electron chi connectivity index (χ0n) is 19.7. The normalized spacial score (nSPS) is 19.1. The lowest BCUT2D eigenvalue weighted by atomic mass is 9.89. The minimum Gasteiger partial charge on any atom is -0.333 e. The topological polar surface area (TPSA) is 23.6 Å². The molecule has 2 heterocycles. The van der Waals surface area contributed by atoms with Crippen LogP contribution in [0.3, 0.4) is 0 Å². The molecule has 2 aliphatic heterocycles. The highest BCUT2D eigenvalue weighted by molar-refractivity contribution is 5.79. The average Bonchev–Trinajstić information content (AvgIpc) is 2.87. The summed E-state index contributed by atoms with van der Waals surface area (Å²) in [5.74, 6) is 0.695. The van der Waals surface area contributed by atoms with Crippen LogP contribution in [-0.2, 0) is 30.6 Å². The van der Waals surface area contributed by atoms with Gasteiger partial charge in [0.05, 0.1) is 6.42 Å². The van der Waals surface area contributed by atoms with Crippen molar-refractivity contribution in [3.8, 4) is 0 Å². The van der Waals surface area contributed by atoms with E-state index in [0.717, 1.165) is 50.9 Å². The molecule has 1 unspecified atom stereocenters. The van der Waals surface area contributed by atoms with E-state index in [0.29, 0.717) is 18.9 Å². The first-order valence-electron chi connectivity index (χ1n) is 12.5. The zero-order valence-corrected chi connectivity index (χ0v) is 19.7. The molecule has 0 N–H and O–H groups in total. The van der Waals surface area contributed by atoms with Gasteiger partial charge in [-0.3, -0.25) is 4.79 Å². The molecule has 3 aromatic carbocycles. The molecule has 1 fully saturated rings. The summed E-state index contributed by atoms with van der Waals surface area (Å²) < 4.78 is 13.2. The maximum atomic E-state index is 13.4. The van der Waals surface area contributed by atoms with E-state index in [1.165, 1.54) is 16.7 Å². The number of rotatable bonds is 6. The molecule has 34 heavy (non-hydrogen) atoms. The molecular weight excluding hydrogens is 423 g/mol. The van der Waals surface area contributed by atoms with E-state index in [9.17, 15) is 9.18 Å². The van der Waals surface area contributed by atoms with E-state index >= 15 is 0 Å². The maximum absolute atomic E-state index is 13.4. The van der Waals surface area contributed by atoms with Crippen molar-refractivity contribution >= 4 is 5.91 Å². The number of halogens is 1. The van der Waals surface area contributed by atoms with Gasteiger partial charge in [0.2, 0.25) is 5.91 Å². The third-order valence-corrected chi connectivity index (χ3v) is 7.49. The molecular formula is C30H33FN2O. The fourth-order valence-electron chi connectivity index (χ4n) is 5.54. The van der Waals surface area contributed by atoms with Crippen molar-refractivity contribution in [3.63, 3.8) is 0 Å². The molecule has 5 rings (SSSR count). The summed E-state index contributed by atoms with van der Waals surface area (Å²) in [5, 5.41) is 0. The number of piperidine rings is 1. The van der Waals surface area contributed by atoms with Crippen LogP contribution in [-0.4, -0.2) is 41.4 Å². The van der Waals surface area contributed by atoms with Crippen molar-refractivity contribution in [1.82, 2.24) is 9.80 Å². The Kier molecular flexibility index (Phi) is 7.05. The van der Waals surface area contributed by atoms with Gasteiger partial charge in [-0.2, -0.15) is 0 Å². The number of amides is 1. The molecule has 176 valence electrons. The molecule has 0 radical (unpaired) electrons. The summed E-state index contributed by atoms with van der Waals surface area (Å²) in [6.07, 6.45) is 4.70. The molecule has 0 aliphatic carbocycles. The third-order valence-electron chi connectivity index (χ3n) is 7.49. The van der Waals surface area contributed by atoms with Crippen molar-refractivity contribution < 1.29 is 9.18 Å². The fraction of sp³-hybridized carbons (Fsp3) is 0.367. The predicted octanol–water partition coefficient (Wildman–Crippen LogP) is 5.28. The van der Waals surface area contributed by atoms with E-state index in [4.69, 9.17) is 0 Å². The van der Waals surface area contributed by atoms with E-state index in [1.807, 2.05) is 42.5 Å². The van der Waals surface area contributed by atoms with Crippen molar-refractivity contribution in [2.45, 2.75) is 44.7 Å². The van der Waals surface area contributed by atoms with E-state index in [1.54, 1.807) is 12.1 Å². The molecule has 3 aromatic rings. The van der Waals surface area contributed by atoms with Gasteiger partial charge in [-0.1, -0.05) is 66.7 Å². The minimum absolute atomic E-state index is 0.168. The van der Waals surface area contributed by atoms with E-state index in [-0.39, 0.29) is 17.8 Å². The number of carbonyl (C=O) groups excluding carboxylic acids is 1. The van der Waals surface area contributed by atoms with Crippen molar-refractivity contribution in [2.75, 3.05) is 19.6 Å². The number of carbonyl (C=O) groups is 1. The molecule has 1 atom stereocenters. The minimum atomic E-state index is -0.168. The highest BCUT2D eigenvalue weighted by Crippen LogP contribution is 2.27. The Balaban J connectivity index is 1.22. The van der Waals surface area contributed by atoms with Crippen LogP contribution in [0.15, 0.2) is 78.9 Å². The van der Waals surface area contributed by atoms with E-state index in [2.05, 4.69) is 34.1 Å². The van der Waals surface area contributed by atoms with Crippen molar-refractivity contribution in [1.29, 1.82) is 0 Å². The van der Waals surface area contributed by atoms with Gasteiger partial charge in [-0.15, -0.1) is 0 Å². The van der Waals surface area contributed by atoms with E-state index < -0.39 is 0 Å². The first-order valence-corrected chi connectivity index (χ1v) is 12.5. The molecule has 4 heteroatoms. The van der Waals surface area contributed by atoms with Crippen LogP contribution in [0, 0.1) is 11.7 Å². The predicted molar refractivity (Wildman–Crippen MR) is 134 cm³/mol. The first kappa shape index (κ1) is 22.8. The Morgan fingerprint density at radius 3 is 2.24 bits per heavy atom. The monoisotopic (exact) mass is 456 g/mol. The fourth-order valence-corrected chi connectivity index (χ4v) is 5.54. The lowest BCUT2D eigenvalue weighted by Gasteiger charge is -2.41. The number of benzene rings is 3. The second-order valence-electron chi connectivity index (χ2n) is 9.89. The smallest absolute Gasteiger partial charge is 0.227 e. The van der Waals surface area contributed by atoms with Gasteiger partial charge in [-0.25, -0.2) is 4.39 Å². The Labute approximate surface area is 202 Å². The average molecular weight is 457 g/mol. The van der Waals surface area contributed by atoms with Crippen LogP contribution in [0.1, 0.15) is 35.1 Å². The van der Waals surface area contributed by atoms with Gasteiger partial charge in [-0.05, 0) is 79.1 Å². The lowest BCUT2D eigenvalue weighted by molar-refractivity contribution is -0.134. The van der Waals surface area contributed by atoms with Crippen LogP contribution in [0.5, 0.6) is 0 Å². The van der Waals surface area contributed by atoms with Gasteiger partial charge in [0.25, 0.3) is 0 Å². The standard InChI is InChI=1S/C30H33FN2O/c31-28-12-10-24(11-13-28)18-25-14-16-32(17-15-25)22-29-20-26-8-4-5-9-27(26)21-33(29)30(34)19-23-6-2-1-3-7-23/h1-13,25,29H,14-22H2. The maximum Gasteiger partial charge on any atom is 0.227 e. The molecule has 0 aromatic heterocycles. The summed E-state index contributed by atoms with van der Waals surface area (Å²) in [6.45, 7) is 3.75. The molecule has 0 bridgehead atoms. The number of hydrogen-bond donors (Lipinski definition) is 0. The summed E-state index contributed by atoms with van der Waals surface area (Å²) in [7, 11) is 0. The highest BCUT2D eigenvalue weighted by atomic mass is 19.1. The van der Waals surface area contributed by atoms with Gasteiger partial charge < -0.3 is 9.80 Å². The quantitative estimate of drug-likeness (QED) is 0.504. The highest BCUT2D eigenvalue weighted by Gasteiger charge is 2.32. The van der Waals surface area contributed by atoms with Gasteiger partial charge in [0, 0.05) is 19.1 Å². The second-order valence-corrected chi connectivity index (χ2v) is 9.89. The summed E-state index contributed by atoms with van der Waals surface area (Å²) in [4.78, 5) is 18.1. The Bertz CT molecular complexity index is 1090.